The summed E-state index contributed by atoms with van der Waals surface area (Å²) in [7, 11) is 1.61. The van der Waals surface area contributed by atoms with Gasteiger partial charge in [-0.3, -0.25) is 0 Å². The average molecular weight is 379 g/mol. The minimum Gasteiger partial charge on any atom is -0.393 e. The van der Waals surface area contributed by atoms with Crippen molar-refractivity contribution in [2.24, 2.45) is 0 Å². The van der Waals surface area contributed by atoms with Crippen LogP contribution in [-0.4, -0.2) is 51.0 Å². The third-order valence-electron chi connectivity index (χ3n) is 4.79. The number of rotatable bonds is 5. The monoisotopic (exact) mass is 379 g/mol. The van der Waals surface area contributed by atoms with Gasteiger partial charge in [0.15, 0.2) is 0 Å². The normalized spacial score (nSPS) is 15.0. The first-order valence-electron chi connectivity index (χ1n) is 9.10. The van der Waals surface area contributed by atoms with Gasteiger partial charge in [0.1, 0.15) is 18.2 Å². The van der Waals surface area contributed by atoms with Crippen LogP contribution in [0.3, 0.4) is 0 Å². The summed E-state index contributed by atoms with van der Waals surface area (Å²) in [6.07, 6.45) is 2.63. The molecule has 2 aromatic heterocycles. The van der Waals surface area contributed by atoms with Gasteiger partial charge in [-0.25, -0.2) is 4.98 Å². The second kappa shape index (κ2) is 7.80. The molecule has 1 fully saturated rings. The minimum atomic E-state index is -0.249. The Morgan fingerprint density at radius 2 is 2.14 bits per heavy atom. The molecule has 0 radical (unpaired) electrons. The van der Waals surface area contributed by atoms with E-state index in [0.29, 0.717) is 36.6 Å². The molecule has 28 heavy (non-hydrogen) atoms. The summed E-state index contributed by atoms with van der Waals surface area (Å²) in [5.74, 6) is 1.16. The number of piperidine rings is 1. The Hall–Kier alpha value is -3.22. The first-order valence-corrected chi connectivity index (χ1v) is 9.10. The first kappa shape index (κ1) is 18.2. The molecule has 0 unspecified atom stereocenters. The van der Waals surface area contributed by atoms with Crippen LogP contribution in [0.15, 0.2) is 30.6 Å². The molecular weight excluding hydrogens is 358 g/mol. The second-order valence-electron chi connectivity index (χ2n) is 6.72. The Morgan fingerprint density at radius 3 is 2.89 bits per heavy atom. The smallest absolute Gasteiger partial charge is 0.254 e. The highest BCUT2D eigenvalue weighted by Crippen LogP contribution is 2.28. The van der Waals surface area contributed by atoms with Crippen molar-refractivity contribution in [1.29, 1.82) is 5.26 Å². The summed E-state index contributed by atoms with van der Waals surface area (Å²) >= 11 is 0. The number of aliphatic hydroxyl groups is 1. The first-order chi connectivity index (χ1) is 13.7. The molecule has 0 bridgehead atoms. The number of fused-ring (bicyclic) bond motifs is 1. The van der Waals surface area contributed by atoms with Crippen LogP contribution in [0.1, 0.15) is 24.1 Å². The fraction of sp³-hybridized carbons (Fsp3) is 0.368. The summed E-state index contributed by atoms with van der Waals surface area (Å²) in [5, 5.41) is 26.8. The summed E-state index contributed by atoms with van der Waals surface area (Å²) < 4.78 is 6.77. The number of hydrogen-bond donors (Lipinski definition) is 2. The van der Waals surface area contributed by atoms with Gasteiger partial charge < -0.3 is 20.1 Å². The van der Waals surface area contributed by atoms with E-state index in [1.165, 1.54) is 6.33 Å². The number of benzene rings is 1. The van der Waals surface area contributed by atoms with E-state index < -0.39 is 0 Å². The number of hydrogen-bond acceptors (Lipinski definition) is 8. The van der Waals surface area contributed by atoms with E-state index in [9.17, 15) is 10.4 Å². The predicted octanol–water partition coefficient (Wildman–Crippen LogP) is 1.85. The molecule has 4 rings (SSSR count). The molecular formula is C19H21N7O2. The SMILES string of the molecule is COCc1cc(Nc2ccc(N3CCC(O)CC3)c(C#N)c2)n2ncnc2n1. The lowest BCUT2D eigenvalue weighted by molar-refractivity contribution is 0.145. The third kappa shape index (κ3) is 3.60. The molecule has 9 nitrogen and oxygen atoms in total. The van der Waals surface area contributed by atoms with Crippen molar-refractivity contribution in [2.75, 3.05) is 30.4 Å². The Kier molecular flexibility index (Phi) is 5.06. The molecule has 1 saturated heterocycles. The largest absolute Gasteiger partial charge is 0.393 e. The van der Waals surface area contributed by atoms with Crippen LogP contribution >= 0.6 is 0 Å². The lowest BCUT2D eigenvalue weighted by Gasteiger charge is -2.32. The maximum atomic E-state index is 9.71. The number of nitrogens with one attached hydrogen (secondary N) is 1. The van der Waals surface area contributed by atoms with E-state index in [-0.39, 0.29) is 6.10 Å². The summed E-state index contributed by atoms with van der Waals surface area (Å²) in [5.41, 5.74) is 2.97. The molecule has 0 spiro atoms. The lowest BCUT2D eigenvalue weighted by Crippen LogP contribution is -2.36. The lowest BCUT2D eigenvalue weighted by atomic mass is 10.0. The van der Waals surface area contributed by atoms with Crippen LogP contribution in [0.25, 0.3) is 5.78 Å². The van der Waals surface area contributed by atoms with Gasteiger partial charge >= 0.3 is 0 Å². The van der Waals surface area contributed by atoms with Crippen LogP contribution in [0.4, 0.5) is 17.2 Å². The van der Waals surface area contributed by atoms with Gasteiger partial charge in [-0.15, -0.1) is 0 Å². The van der Waals surface area contributed by atoms with Crippen molar-refractivity contribution in [1.82, 2.24) is 19.6 Å². The number of aromatic nitrogens is 4. The molecule has 1 aliphatic rings. The van der Waals surface area contributed by atoms with E-state index in [1.54, 1.807) is 11.6 Å². The minimum absolute atomic E-state index is 0.249. The summed E-state index contributed by atoms with van der Waals surface area (Å²) in [6, 6.07) is 9.82. The maximum Gasteiger partial charge on any atom is 0.254 e. The van der Waals surface area contributed by atoms with Crippen molar-refractivity contribution in [3.8, 4) is 6.07 Å². The zero-order chi connectivity index (χ0) is 19.5. The van der Waals surface area contributed by atoms with Gasteiger partial charge in [0, 0.05) is 32.0 Å². The highest BCUT2D eigenvalue weighted by atomic mass is 16.5. The Bertz CT molecular complexity index is 1020. The van der Waals surface area contributed by atoms with Gasteiger partial charge in [-0.05, 0) is 31.0 Å². The van der Waals surface area contributed by atoms with E-state index in [1.807, 2.05) is 24.3 Å². The van der Waals surface area contributed by atoms with E-state index >= 15 is 0 Å². The fourth-order valence-electron chi connectivity index (χ4n) is 3.41. The van der Waals surface area contributed by atoms with Gasteiger partial charge in [0.05, 0.1) is 29.7 Å². The molecule has 0 saturated carbocycles. The molecule has 144 valence electrons. The van der Waals surface area contributed by atoms with Gasteiger partial charge in [0.25, 0.3) is 5.78 Å². The molecule has 0 amide bonds. The Morgan fingerprint density at radius 1 is 1.32 bits per heavy atom. The number of anilines is 3. The molecule has 0 atom stereocenters. The van der Waals surface area contributed by atoms with Crippen molar-refractivity contribution in [2.45, 2.75) is 25.6 Å². The topological polar surface area (TPSA) is 112 Å². The summed E-state index contributed by atoms with van der Waals surface area (Å²) in [4.78, 5) is 10.7. The summed E-state index contributed by atoms with van der Waals surface area (Å²) in [6.45, 7) is 1.85. The van der Waals surface area contributed by atoms with E-state index in [0.717, 1.165) is 30.2 Å². The van der Waals surface area contributed by atoms with E-state index in [4.69, 9.17) is 4.74 Å². The van der Waals surface area contributed by atoms with Crippen molar-refractivity contribution >= 4 is 23.0 Å². The van der Waals surface area contributed by atoms with Crippen LogP contribution in [-0.2, 0) is 11.3 Å². The Balaban J connectivity index is 1.63. The van der Waals surface area contributed by atoms with Crippen molar-refractivity contribution < 1.29 is 9.84 Å². The molecule has 2 N–H and O–H groups in total. The number of nitriles is 1. The molecule has 3 heterocycles. The van der Waals surface area contributed by atoms with Crippen molar-refractivity contribution in [3.63, 3.8) is 0 Å². The number of ether oxygens (including phenoxy) is 1. The average Bonchev–Trinajstić information content (AvgIpc) is 3.18. The van der Waals surface area contributed by atoms with Gasteiger partial charge in [-0.1, -0.05) is 0 Å². The van der Waals surface area contributed by atoms with Gasteiger partial charge in [0.2, 0.25) is 0 Å². The predicted molar refractivity (Wildman–Crippen MR) is 103 cm³/mol. The van der Waals surface area contributed by atoms with Crippen LogP contribution in [0.5, 0.6) is 0 Å². The zero-order valence-corrected chi connectivity index (χ0v) is 15.5. The highest BCUT2D eigenvalue weighted by Gasteiger charge is 2.20. The third-order valence-corrected chi connectivity index (χ3v) is 4.79. The molecule has 1 aliphatic heterocycles. The van der Waals surface area contributed by atoms with E-state index in [2.05, 4.69) is 31.4 Å². The quantitative estimate of drug-likeness (QED) is 0.691. The maximum absolute atomic E-state index is 9.71. The van der Waals surface area contributed by atoms with Crippen LogP contribution in [0.2, 0.25) is 0 Å². The number of nitrogens with zero attached hydrogens (tertiary/aromatic N) is 6. The zero-order valence-electron chi connectivity index (χ0n) is 15.5. The molecule has 1 aromatic carbocycles. The fourth-order valence-corrected chi connectivity index (χ4v) is 3.41. The Labute approximate surface area is 162 Å². The molecule has 9 heteroatoms. The van der Waals surface area contributed by atoms with Crippen molar-refractivity contribution in [3.05, 3.63) is 41.9 Å². The molecule has 0 aliphatic carbocycles. The standard InChI is InChI=1S/C19H21N7O2/c1-28-11-15-9-18(26-19(24-15)21-12-22-26)23-14-2-3-17(13(8-14)10-20)25-6-4-16(27)5-7-25/h2-3,8-9,12,16,23,27H,4-7,11H2,1H3. The van der Waals surface area contributed by atoms with Crippen LogP contribution in [0, 0.1) is 11.3 Å². The second-order valence-corrected chi connectivity index (χ2v) is 6.72. The number of aliphatic hydroxyl groups excluding tert-OH is 1. The highest BCUT2D eigenvalue weighted by molar-refractivity contribution is 5.69. The van der Waals surface area contributed by atoms with Gasteiger partial charge in [-0.2, -0.15) is 19.9 Å². The molecule has 3 aromatic rings. The van der Waals surface area contributed by atoms with Crippen LogP contribution < -0.4 is 10.2 Å². The number of methoxy groups -OCH3 is 1.